The number of fused-ring (bicyclic) bond motifs is 1. The summed E-state index contributed by atoms with van der Waals surface area (Å²) in [5, 5.41) is 12.6. The minimum absolute atomic E-state index is 0.631. The van der Waals surface area contributed by atoms with E-state index in [0.717, 1.165) is 10.4 Å². The normalized spacial score (nSPS) is 14.8. The number of nitrogens with zero attached hydrogens (tertiary/aromatic N) is 4. The van der Waals surface area contributed by atoms with E-state index in [0.29, 0.717) is 18.2 Å². The molecule has 3 heterocycles. The Morgan fingerprint density at radius 3 is 3.00 bits per heavy atom. The molecule has 3 aromatic rings. The third kappa shape index (κ3) is 2.70. The molecular formula is C16H18N4OS. The molecule has 3 aromatic heterocycles. The lowest BCUT2D eigenvalue weighted by Gasteiger charge is -1.92. The molecule has 114 valence electrons. The summed E-state index contributed by atoms with van der Waals surface area (Å²) in [6.07, 6.45) is 10.7. The second kappa shape index (κ2) is 5.68. The zero-order chi connectivity index (χ0) is 14.9. The van der Waals surface area contributed by atoms with Gasteiger partial charge in [0.15, 0.2) is 0 Å². The first kappa shape index (κ1) is 13.7. The number of thiophene rings is 1. The lowest BCUT2D eigenvalue weighted by Crippen LogP contribution is -1.87. The van der Waals surface area contributed by atoms with Crippen LogP contribution in [0.2, 0.25) is 0 Å². The molecule has 0 spiro atoms. The first-order valence-electron chi connectivity index (χ1n) is 7.70. The van der Waals surface area contributed by atoms with E-state index in [4.69, 9.17) is 4.42 Å². The molecule has 0 bridgehead atoms. The first-order chi connectivity index (χ1) is 10.8. The van der Waals surface area contributed by atoms with Crippen LogP contribution in [0.1, 0.15) is 41.2 Å². The fraction of sp³-hybridized carbons (Fsp3) is 0.438. The predicted molar refractivity (Wildman–Crippen MR) is 84.9 cm³/mol. The summed E-state index contributed by atoms with van der Waals surface area (Å²) in [5.74, 6) is 1.29. The SMILES string of the molecule is Cn1cc(Cc2nnc(-c3cc4c(s3)CCCCC4)o2)cn1. The minimum atomic E-state index is 0.631. The Kier molecular flexibility index (Phi) is 3.54. The number of hydrogen-bond donors (Lipinski definition) is 0. The van der Waals surface area contributed by atoms with Crippen LogP contribution in [0, 0.1) is 0 Å². The molecule has 0 N–H and O–H groups in total. The average Bonchev–Trinajstić information content (AvgIpc) is 3.18. The van der Waals surface area contributed by atoms with Crippen LogP contribution < -0.4 is 0 Å². The van der Waals surface area contributed by atoms with E-state index < -0.39 is 0 Å². The van der Waals surface area contributed by atoms with E-state index in [1.807, 2.05) is 30.8 Å². The second-order valence-corrected chi connectivity index (χ2v) is 6.96. The van der Waals surface area contributed by atoms with Crippen LogP contribution in [0.4, 0.5) is 0 Å². The molecule has 0 atom stereocenters. The summed E-state index contributed by atoms with van der Waals surface area (Å²) in [7, 11) is 1.90. The quantitative estimate of drug-likeness (QED) is 0.695. The van der Waals surface area contributed by atoms with Crippen LogP contribution in [0.3, 0.4) is 0 Å². The Morgan fingerprint density at radius 1 is 1.23 bits per heavy atom. The molecule has 6 heteroatoms. The highest BCUT2D eigenvalue weighted by molar-refractivity contribution is 7.15. The molecule has 0 aromatic carbocycles. The van der Waals surface area contributed by atoms with Gasteiger partial charge in [-0.2, -0.15) is 5.10 Å². The second-order valence-electron chi connectivity index (χ2n) is 5.82. The molecule has 0 saturated heterocycles. The van der Waals surface area contributed by atoms with Gasteiger partial charge < -0.3 is 4.42 Å². The smallest absolute Gasteiger partial charge is 0.257 e. The van der Waals surface area contributed by atoms with Gasteiger partial charge in [0.05, 0.1) is 17.5 Å². The van der Waals surface area contributed by atoms with Crippen molar-refractivity contribution in [1.29, 1.82) is 0 Å². The standard InChI is InChI=1S/C16H18N4OS/c1-20-10-11(9-17-20)7-15-18-19-16(21-15)14-8-12-5-3-2-4-6-13(12)22-14/h8-10H,2-7H2,1H3. The number of hydrogen-bond acceptors (Lipinski definition) is 5. The zero-order valence-electron chi connectivity index (χ0n) is 12.6. The van der Waals surface area contributed by atoms with Gasteiger partial charge in [0.25, 0.3) is 5.89 Å². The van der Waals surface area contributed by atoms with Crippen LogP contribution in [-0.4, -0.2) is 20.0 Å². The molecule has 0 amide bonds. The summed E-state index contributed by atoms with van der Waals surface area (Å²) >= 11 is 1.81. The van der Waals surface area contributed by atoms with Crippen molar-refractivity contribution in [2.45, 2.75) is 38.5 Å². The number of aryl methyl sites for hydroxylation is 3. The van der Waals surface area contributed by atoms with E-state index in [1.54, 1.807) is 4.68 Å². The largest absolute Gasteiger partial charge is 0.420 e. The van der Waals surface area contributed by atoms with Gasteiger partial charge in [0.2, 0.25) is 5.89 Å². The van der Waals surface area contributed by atoms with E-state index in [-0.39, 0.29) is 0 Å². The van der Waals surface area contributed by atoms with Gasteiger partial charge in [-0.1, -0.05) is 6.42 Å². The summed E-state index contributed by atoms with van der Waals surface area (Å²) in [5.41, 5.74) is 2.56. The van der Waals surface area contributed by atoms with Gasteiger partial charge in [-0.25, -0.2) is 0 Å². The molecule has 0 fully saturated rings. The fourth-order valence-electron chi connectivity index (χ4n) is 2.94. The van der Waals surface area contributed by atoms with Crippen molar-refractivity contribution in [3.8, 4) is 10.8 Å². The van der Waals surface area contributed by atoms with Crippen molar-refractivity contribution in [2.75, 3.05) is 0 Å². The molecule has 4 rings (SSSR count). The molecule has 0 unspecified atom stereocenters. The monoisotopic (exact) mass is 314 g/mol. The molecule has 1 aliphatic carbocycles. The van der Waals surface area contributed by atoms with Gasteiger partial charge in [-0.3, -0.25) is 4.68 Å². The molecule has 0 aliphatic heterocycles. The van der Waals surface area contributed by atoms with Gasteiger partial charge in [0.1, 0.15) is 0 Å². The van der Waals surface area contributed by atoms with Crippen LogP contribution >= 0.6 is 11.3 Å². The van der Waals surface area contributed by atoms with Crippen LogP contribution in [0.25, 0.3) is 10.8 Å². The predicted octanol–water partition coefficient (Wildman–Crippen LogP) is 3.39. The van der Waals surface area contributed by atoms with Gasteiger partial charge >= 0.3 is 0 Å². The molecule has 0 radical (unpaired) electrons. The van der Waals surface area contributed by atoms with Crippen LogP contribution in [0.15, 0.2) is 22.9 Å². The fourth-order valence-corrected chi connectivity index (χ4v) is 4.11. The Labute approximate surface area is 133 Å². The van der Waals surface area contributed by atoms with Crippen molar-refractivity contribution in [3.63, 3.8) is 0 Å². The summed E-state index contributed by atoms with van der Waals surface area (Å²) in [6, 6.07) is 2.24. The highest BCUT2D eigenvalue weighted by Crippen LogP contribution is 2.34. The Hall–Kier alpha value is -1.95. The third-order valence-corrected chi connectivity index (χ3v) is 5.26. The average molecular weight is 314 g/mol. The summed E-state index contributed by atoms with van der Waals surface area (Å²) in [4.78, 5) is 2.61. The van der Waals surface area contributed by atoms with Crippen molar-refractivity contribution >= 4 is 11.3 Å². The Balaban J connectivity index is 1.56. The van der Waals surface area contributed by atoms with E-state index in [9.17, 15) is 0 Å². The Bertz CT molecular complexity index is 762. The lowest BCUT2D eigenvalue weighted by atomic mass is 10.1. The van der Waals surface area contributed by atoms with Gasteiger partial charge in [-0.15, -0.1) is 21.5 Å². The molecular weight excluding hydrogens is 296 g/mol. The molecule has 22 heavy (non-hydrogen) atoms. The molecule has 0 saturated carbocycles. The minimum Gasteiger partial charge on any atom is -0.420 e. The number of aromatic nitrogens is 4. The number of rotatable bonds is 3. The summed E-state index contributed by atoms with van der Waals surface area (Å²) < 4.78 is 7.62. The zero-order valence-corrected chi connectivity index (χ0v) is 13.4. The van der Waals surface area contributed by atoms with E-state index in [1.165, 1.54) is 42.5 Å². The van der Waals surface area contributed by atoms with Crippen molar-refractivity contribution in [1.82, 2.24) is 20.0 Å². The van der Waals surface area contributed by atoms with Crippen molar-refractivity contribution in [3.05, 3.63) is 40.4 Å². The molecule has 5 nitrogen and oxygen atoms in total. The summed E-state index contributed by atoms with van der Waals surface area (Å²) in [6.45, 7) is 0. The highest BCUT2D eigenvalue weighted by Gasteiger charge is 2.17. The molecule has 1 aliphatic rings. The maximum Gasteiger partial charge on any atom is 0.257 e. The van der Waals surface area contributed by atoms with Gasteiger partial charge in [-0.05, 0) is 42.9 Å². The van der Waals surface area contributed by atoms with Gasteiger partial charge in [0, 0.05) is 18.1 Å². The first-order valence-corrected chi connectivity index (χ1v) is 8.51. The Morgan fingerprint density at radius 2 is 2.14 bits per heavy atom. The van der Waals surface area contributed by atoms with Crippen LogP contribution in [-0.2, 0) is 26.3 Å². The van der Waals surface area contributed by atoms with E-state index in [2.05, 4.69) is 21.4 Å². The third-order valence-electron chi connectivity index (χ3n) is 4.04. The maximum atomic E-state index is 5.84. The lowest BCUT2D eigenvalue weighted by molar-refractivity contribution is 0.519. The van der Waals surface area contributed by atoms with Crippen molar-refractivity contribution in [2.24, 2.45) is 7.05 Å². The van der Waals surface area contributed by atoms with E-state index >= 15 is 0 Å². The highest BCUT2D eigenvalue weighted by atomic mass is 32.1. The van der Waals surface area contributed by atoms with Crippen LogP contribution in [0.5, 0.6) is 0 Å². The maximum absolute atomic E-state index is 5.84. The topological polar surface area (TPSA) is 56.7 Å². The van der Waals surface area contributed by atoms with Crippen molar-refractivity contribution < 1.29 is 4.42 Å².